The number of anilines is 1. The molecule has 0 aliphatic carbocycles. The number of ether oxygens (including phenoxy) is 1. The molecule has 6 nitrogen and oxygen atoms in total. The van der Waals surface area contributed by atoms with Crippen LogP contribution in [-0.2, 0) is 20.9 Å². The molecule has 1 aromatic carbocycles. The predicted octanol–water partition coefficient (Wildman–Crippen LogP) is 2.23. The Balaban J connectivity index is 1.81. The van der Waals surface area contributed by atoms with E-state index in [1.807, 2.05) is 18.2 Å². The Morgan fingerprint density at radius 2 is 2.23 bits per heavy atom. The van der Waals surface area contributed by atoms with E-state index in [1.54, 1.807) is 23.8 Å². The van der Waals surface area contributed by atoms with E-state index < -0.39 is 11.6 Å². The van der Waals surface area contributed by atoms with Crippen molar-refractivity contribution in [1.29, 1.82) is 0 Å². The summed E-state index contributed by atoms with van der Waals surface area (Å²) in [4.78, 5) is 23.1. The van der Waals surface area contributed by atoms with Crippen molar-refractivity contribution in [1.82, 2.24) is 4.57 Å². The van der Waals surface area contributed by atoms with Crippen molar-refractivity contribution in [2.45, 2.75) is 31.9 Å². The molecule has 0 bridgehead atoms. The van der Waals surface area contributed by atoms with E-state index >= 15 is 0 Å². The Morgan fingerprint density at radius 3 is 2.91 bits per heavy atom. The highest BCUT2D eigenvalue weighted by Crippen LogP contribution is 2.27. The van der Waals surface area contributed by atoms with Crippen LogP contribution in [0.15, 0.2) is 30.5 Å². The van der Waals surface area contributed by atoms with Crippen LogP contribution in [0, 0.1) is 0 Å². The summed E-state index contributed by atoms with van der Waals surface area (Å²) in [6.45, 7) is 2.33. The third kappa shape index (κ3) is 2.69. The fourth-order valence-corrected chi connectivity index (χ4v) is 2.78. The number of aromatic nitrogens is 1. The maximum atomic E-state index is 12.3. The van der Waals surface area contributed by atoms with Gasteiger partial charge in [-0.15, -0.1) is 0 Å². The Bertz CT molecular complexity index is 729. The minimum atomic E-state index is -0.888. The molecule has 3 rings (SSSR count). The molecule has 1 unspecified atom stereocenters. The Kier molecular flexibility index (Phi) is 3.62. The third-order valence-electron chi connectivity index (χ3n) is 4.03. The topological polar surface area (TPSA) is 80.6 Å². The number of benzene rings is 1. The summed E-state index contributed by atoms with van der Waals surface area (Å²) < 4.78 is 7.19. The monoisotopic (exact) mass is 302 g/mol. The summed E-state index contributed by atoms with van der Waals surface area (Å²) in [5.41, 5.74) is 0.746. The lowest BCUT2D eigenvalue weighted by atomic mass is 10.0. The van der Waals surface area contributed by atoms with Crippen molar-refractivity contribution in [2.24, 2.45) is 0 Å². The standard InChI is InChI=1S/C16H18N2O4/c1-16(6-2-8-22-16)15(21)17-12-3-4-13-11(9-12)5-7-18(13)10-14(19)20/h3-5,7,9H,2,6,8,10H2,1H3,(H,17,21)(H,19,20). The molecule has 1 fully saturated rings. The molecule has 1 aliphatic rings. The Morgan fingerprint density at radius 1 is 1.41 bits per heavy atom. The number of nitrogens with one attached hydrogen (secondary N) is 1. The van der Waals surface area contributed by atoms with Gasteiger partial charge in [-0.2, -0.15) is 0 Å². The van der Waals surface area contributed by atoms with E-state index in [0.29, 0.717) is 12.3 Å². The van der Waals surface area contributed by atoms with Crippen LogP contribution in [0.4, 0.5) is 5.69 Å². The molecule has 0 spiro atoms. The molecule has 0 saturated carbocycles. The van der Waals surface area contributed by atoms with Crippen molar-refractivity contribution < 1.29 is 19.4 Å². The molecule has 1 amide bonds. The summed E-state index contributed by atoms with van der Waals surface area (Å²) in [5.74, 6) is -1.03. The minimum Gasteiger partial charge on any atom is -0.480 e. The van der Waals surface area contributed by atoms with Crippen molar-refractivity contribution >= 4 is 28.5 Å². The van der Waals surface area contributed by atoms with Crippen molar-refractivity contribution in [2.75, 3.05) is 11.9 Å². The molecular formula is C16H18N2O4. The van der Waals surface area contributed by atoms with E-state index in [1.165, 1.54) is 0 Å². The number of carboxylic acids is 1. The number of nitrogens with zero attached hydrogens (tertiary/aromatic N) is 1. The van der Waals surface area contributed by atoms with E-state index in [0.717, 1.165) is 23.7 Å². The number of hydrogen-bond acceptors (Lipinski definition) is 3. The van der Waals surface area contributed by atoms with Crippen LogP contribution in [0.25, 0.3) is 10.9 Å². The average molecular weight is 302 g/mol. The SMILES string of the molecule is CC1(C(=O)Nc2ccc3c(ccn3CC(=O)O)c2)CCCO1. The van der Waals surface area contributed by atoms with E-state index in [-0.39, 0.29) is 12.5 Å². The van der Waals surface area contributed by atoms with E-state index in [2.05, 4.69) is 5.32 Å². The van der Waals surface area contributed by atoms with Crippen LogP contribution in [-0.4, -0.2) is 33.8 Å². The number of carbonyl (C=O) groups is 2. The highest BCUT2D eigenvalue weighted by molar-refractivity contribution is 5.99. The first-order chi connectivity index (χ1) is 10.5. The van der Waals surface area contributed by atoms with Gasteiger partial charge in [-0.3, -0.25) is 9.59 Å². The zero-order valence-corrected chi connectivity index (χ0v) is 12.3. The van der Waals surface area contributed by atoms with Gasteiger partial charge in [-0.05, 0) is 44.0 Å². The minimum absolute atomic E-state index is 0.0822. The van der Waals surface area contributed by atoms with Gasteiger partial charge in [0.25, 0.3) is 5.91 Å². The number of hydrogen-bond donors (Lipinski definition) is 2. The summed E-state index contributed by atoms with van der Waals surface area (Å²) in [6.07, 6.45) is 3.34. The van der Waals surface area contributed by atoms with Crippen LogP contribution < -0.4 is 5.32 Å². The first-order valence-electron chi connectivity index (χ1n) is 7.24. The quantitative estimate of drug-likeness (QED) is 0.907. The molecule has 1 aliphatic heterocycles. The summed E-state index contributed by atoms with van der Waals surface area (Å²) in [6, 6.07) is 7.26. The normalized spacial score (nSPS) is 21.1. The molecule has 2 heterocycles. The first-order valence-corrected chi connectivity index (χ1v) is 7.24. The van der Waals surface area contributed by atoms with Crippen LogP contribution in [0.2, 0.25) is 0 Å². The van der Waals surface area contributed by atoms with Gasteiger partial charge in [0.1, 0.15) is 12.1 Å². The molecule has 1 saturated heterocycles. The molecule has 2 N–H and O–H groups in total. The van der Waals surface area contributed by atoms with E-state index in [4.69, 9.17) is 9.84 Å². The highest BCUT2D eigenvalue weighted by Gasteiger charge is 2.37. The van der Waals surface area contributed by atoms with Gasteiger partial charge in [0.05, 0.1) is 0 Å². The largest absolute Gasteiger partial charge is 0.480 e. The van der Waals surface area contributed by atoms with Gasteiger partial charge in [-0.25, -0.2) is 0 Å². The molecule has 1 atom stereocenters. The van der Waals surface area contributed by atoms with Crippen molar-refractivity contribution in [3.05, 3.63) is 30.5 Å². The molecular weight excluding hydrogens is 284 g/mol. The second kappa shape index (κ2) is 5.46. The first kappa shape index (κ1) is 14.6. The smallest absolute Gasteiger partial charge is 0.323 e. The molecule has 1 aromatic heterocycles. The fraction of sp³-hybridized carbons (Fsp3) is 0.375. The average Bonchev–Trinajstić information content (AvgIpc) is 3.06. The summed E-state index contributed by atoms with van der Waals surface area (Å²) >= 11 is 0. The molecule has 22 heavy (non-hydrogen) atoms. The van der Waals surface area contributed by atoms with Crippen LogP contribution in [0.5, 0.6) is 0 Å². The lowest BCUT2D eigenvalue weighted by Gasteiger charge is -2.21. The number of carbonyl (C=O) groups excluding carboxylic acids is 1. The second-order valence-electron chi connectivity index (χ2n) is 5.75. The van der Waals surface area contributed by atoms with Crippen LogP contribution in [0.3, 0.4) is 0 Å². The van der Waals surface area contributed by atoms with Crippen molar-refractivity contribution in [3.8, 4) is 0 Å². The van der Waals surface area contributed by atoms with Gasteiger partial charge in [0.2, 0.25) is 0 Å². The Labute approximate surface area is 127 Å². The number of fused-ring (bicyclic) bond motifs is 1. The van der Waals surface area contributed by atoms with Gasteiger partial charge < -0.3 is 19.7 Å². The van der Waals surface area contributed by atoms with Crippen molar-refractivity contribution in [3.63, 3.8) is 0 Å². The lowest BCUT2D eigenvalue weighted by Crippen LogP contribution is -2.39. The van der Waals surface area contributed by atoms with Crippen LogP contribution in [0.1, 0.15) is 19.8 Å². The van der Waals surface area contributed by atoms with Gasteiger partial charge >= 0.3 is 5.97 Å². The second-order valence-corrected chi connectivity index (χ2v) is 5.75. The number of aliphatic carboxylic acids is 1. The highest BCUT2D eigenvalue weighted by atomic mass is 16.5. The van der Waals surface area contributed by atoms with Crippen LogP contribution >= 0.6 is 0 Å². The molecule has 116 valence electrons. The number of rotatable bonds is 4. The summed E-state index contributed by atoms with van der Waals surface area (Å²) in [5, 5.41) is 12.6. The van der Waals surface area contributed by atoms with Gasteiger partial charge in [0.15, 0.2) is 0 Å². The molecule has 0 radical (unpaired) electrons. The maximum Gasteiger partial charge on any atom is 0.323 e. The Hall–Kier alpha value is -2.34. The number of amides is 1. The number of carboxylic acid groups (broad SMARTS) is 1. The predicted molar refractivity (Wildman–Crippen MR) is 81.8 cm³/mol. The third-order valence-corrected chi connectivity index (χ3v) is 4.03. The zero-order chi connectivity index (χ0) is 15.7. The van der Waals surface area contributed by atoms with Gasteiger partial charge in [0, 0.05) is 29.4 Å². The fourth-order valence-electron chi connectivity index (χ4n) is 2.78. The zero-order valence-electron chi connectivity index (χ0n) is 12.3. The lowest BCUT2D eigenvalue weighted by molar-refractivity contribution is -0.137. The molecule has 6 heteroatoms. The molecule has 2 aromatic rings. The van der Waals surface area contributed by atoms with Gasteiger partial charge in [-0.1, -0.05) is 0 Å². The summed E-state index contributed by atoms with van der Waals surface area (Å²) in [7, 11) is 0. The van der Waals surface area contributed by atoms with E-state index in [9.17, 15) is 9.59 Å². The maximum absolute atomic E-state index is 12.3.